The number of hydrogen-bond donors (Lipinski definition) is 1. The van der Waals surface area contributed by atoms with E-state index in [-0.39, 0.29) is 11.6 Å². The molecule has 0 amide bonds. The molecule has 0 atom stereocenters. The van der Waals surface area contributed by atoms with Crippen LogP contribution in [0, 0.1) is 11.3 Å². The van der Waals surface area contributed by atoms with E-state index in [1.54, 1.807) is 0 Å². The molecule has 0 radical (unpaired) electrons. The quantitative estimate of drug-likeness (QED) is 0.497. The molecule has 0 fully saturated rings. The Kier molecular flexibility index (Phi) is 7.96. The fourth-order valence-electron chi connectivity index (χ4n) is 1.61. The first kappa shape index (κ1) is 14.1. The molecule has 0 aliphatic carbocycles. The fourth-order valence-corrected chi connectivity index (χ4v) is 1.61. The van der Waals surface area contributed by atoms with Gasteiger partial charge in [-0.05, 0) is 12.8 Å². The van der Waals surface area contributed by atoms with E-state index in [1.165, 1.54) is 7.11 Å². The normalized spacial score (nSPS) is 10.4. The Labute approximate surface area is 92.7 Å². The lowest BCUT2D eigenvalue weighted by atomic mass is 9.91. The number of esters is 1. The molecule has 0 saturated heterocycles. The zero-order valence-corrected chi connectivity index (χ0v) is 10.1. The van der Waals surface area contributed by atoms with Crippen LogP contribution in [-0.2, 0) is 9.53 Å². The Morgan fingerprint density at radius 3 is 2.00 bits per heavy atom. The predicted molar refractivity (Wildman–Crippen MR) is 62.3 cm³/mol. The number of methoxy groups -OCH3 is 1. The van der Waals surface area contributed by atoms with E-state index in [4.69, 9.17) is 5.41 Å². The largest absolute Gasteiger partial charge is 0.465 e. The highest BCUT2D eigenvalue weighted by Gasteiger charge is 2.20. The van der Waals surface area contributed by atoms with Crippen molar-refractivity contribution < 1.29 is 9.53 Å². The Morgan fingerprint density at radius 1 is 1.20 bits per heavy atom. The van der Waals surface area contributed by atoms with Crippen LogP contribution in [0.1, 0.15) is 52.4 Å². The maximum atomic E-state index is 11.2. The Balaban J connectivity index is 4.19. The van der Waals surface area contributed by atoms with Crippen LogP contribution in [0.2, 0.25) is 0 Å². The van der Waals surface area contributed by atoms with Crippen LogP contribution in [-0.4, -0.2) is 18.8 Å². The van der Waals surface area contributed by atoms with Crippen LogP contribution >= 0.6 is 0 Å². The summed E-state index contributed by atoms with van der Waals surface area (Å²) in [5, 5.41) is 7.73. The van der Waals surface area contributed by atoms with E-state index in [2.05, 4.69) is 18.6 Å². The number of carbonyl (C=O) groups excluding carboxylic acids is 1. The van der Waals surface area contributed by atoms with Crippen molar-refractivity contribution in [2.75, 3.05) is 7.11 Å². The molecule has 0 heterocycles. The van der Waals surface area contributed by atoms with Gasteiger partial charge in [-0.25, -0.2) is 4.79 Å². The average Bonchev–Trinajstić information content (AvgIpc) is 2.27. The van der Waals surface area contributed by atoms with Crippen molar-refractivity contribution in [1.82, 2.24) is 0 Å². The second kappa shape index (κ2) is 8.45. The molecule has 0 rings (SSSR count). The molecule has 0 aromatic carbocycles. The van der Waals surface area contributed by atoms with E-state index < -0.39 is 5.97 Å². The first-order chi connectivity index (χ1) is 7.17. The molecule has 0 unspecified atom stereocenters. The minimum absolute atomic E-state index is 0.0948. The third-order valence-corrected chi connectivity index (χ3v) is 2.63. The molecule has 0 bridgehead atoms. The Morgan fingerprint density at radius 2 is 1.67 bits per heavy atom. The van der Waals surface area contributed by atoms with Crippen LogP contribution in [0.4, 0.5) is 0 Å². The van der Waals surface area contributed by atoms with Gasteiger partial charge in [-0.2, -0.15) is 0 Å². The molecular weight excluding hydrogens is 190 g/mol. The van der Waals surface area contributed by atoms with E-state index in [9.17, 15) is 4.79 Å². The highest BCUT2D eigenvalue weighted by molar-refractivity contribution is 6.35. The highest BCUT2D eigenvalue weighted by atomic mass is 16.5. The lowest BCUT2D eigenvalue weighted by Gasteiger charge is -2.15. The van der Waals surface area contributed by atoms with E-state index in [0.29, 0.717) is 0 Å². The van der Waals surface area contributed by atoms with E-state index >= 15 is 0 Å². The zero-order valence-electron chi connectivity index (χ0n) is 10.1. The number of unbranched alkanes of at least 4 members (excludes halogenated alkanes) is 2. The second-order valence-electron chi connectivity index (χ2n) is 3.89. The molecule has 15 heavy (non-hydrogen) atoms. The molecule has 88 valence electrons. The van der Waals surface area contributed by atoms with E-state index in [1.807, 2.05) is 0 Å². The average molecular weight is 213 g/mol. The third kappa shape index (κ3) is 5.55. The summed E-state index contributed by atoms with van der Waals surface area (Å²) in [7, 11) is 1.34. The lowest BCUT2D eigenvalue weighted by molar-refractivity contribution is -0.133. The van der Waals surface area contributed by atoms with E-state index in [0.717, 1.165) is 38.5 Å². The lowest BCUT2D eigenvalue weighted by Crippen LogP contribution is -2.24. The van der Waals surface area contributed by atoms with Crippen molar-refractivity contribution in [1.29, 1.82) is 5.41 Å². The molecule has 1 N–H and O–H groups in total. The fraction of sp³-hybridized carbons (Fsp3) is 0.833. The summed E-state index contributed by atoms with van der Waals surface area (Å²) >= 11 is 0. The van der Waals surface area contributed by atoms with Crippen LogP contribution < -0.4 is 0 Å². The summed E-state index contributed by atoms with van der Waals surface area (Å²) in [5.74, 6) is -0.371. The zero-order chi connectivity index (χ0) is 11.7. The summed E-state index contributed by atoms with van der Waals surface area (Å²) in [6, 6.07) is 0. The first-order valence-electron chi connectivity index (χ1n) is 5.84. The number of nitrogens with one attached hydrogen (secondary N) is 1. The number of rotatable bonds is 8. The number of carbonyl (C=O) groups is 1. The summed E-state index contributed by atoms with van der Waals surface area (Å²) in [4.78, 5) is 11.2. The molecule has 0 saturated carbocycles. The van der Waals surface area contributed by atoms with Gasteiger partial charge in [0.2, 0.25) is 0 Å². The molecule has 0 aromatic heterocycles. The van der Waals surface area contributed by atoms with Crippen LogP contribution in [0.5, 0.6) is 0 Å². The maximum Gasteiger partial charge on any atom is 0.351 e. The van der Waals surface area contributed by atoms with Crippen molar-refractivity contribution in [3.05, 3.63) is 0 Å². The van der Waals surface area contributed by atoms with Gasteiger partial charge >= 0.3 is 5.97 Å². The van der Waals surface area contributed by atoms with Gasteiger partial charge in [0.1, 0.15) is 5.71 Å². The summed E-state index contributed by atoms with van der Waals surface area (Å²) in [5.41, 5.74) is 0.152. The summed E-state index contributed by atoms with van der Waals surface area (Å²) in [6.45, 7) is 4.25. The smallest absolute Gasteiger partial charge is 0.351 e. The van der Waals surface area contributed by atoms with Crippen LogP contribution in [0.15, 0.2) is 0 Å². The molecule has 0 spiro atoms. The monoisotopic (exact) mass is 213 g/mol. The van der Waals surface area contributed by atoms with Gasteiger partial charge < -0.3 is 4.74 Å². The molecule has 0 aliphatic heterocycles. The number of ether oxygens (including phenoxy) is 1. The van der Waals surface area contributed by atoms with Gasteiger partial charge in [0.15, 0.2) is 0 Å². The van der Waals surface area contributed by atoms with Gasteiger partial charge in [-0.1, -0.05) is 39.5 Å². The molecule has 0 aliphatic rings. The molecule has 3 heteroatoms. The van der Waals surface area contributed by atoms with Gasteiger partial charge in [-0.15, -0.1) is 0 Å². The second-order valence-corrected chi connectivity index (χ2v) is 3.89. The maximum absolute atomic E-state index is 11.2. The van der Waals surface area contributed by atoms with Crippen molar-refractivity contribution >= 4 is 11.7 Å². The van der Waals surface area contributed by atoms with Crippen molar-refractivity contribution in [2.45, 2.75) is 52.4 Å². The number of hydrogen-bond acceptors (Lipinski definition) is 3. The first-order valence-corrected chi connectivity index (χ1v) is 5.84. The van der Waals surface area contributed by atoms with Gasteiger partial charge in [-0.3, -0.25) is 5.41 Å². The minimum Gasteiger partial charge on any atom is -0.465 e. The highest BCUT2D eigenvalue weighted by Crippen LogP contribution is 2.18. The minimum atomic E-state index is -0.466. The van der Waals surface area contributed by atoms with Crippen molar-refractivity contribution in [3.8, 4) is 0 Å². The van der Waals surface area contributed by atoms with Crippen molar-refractivity contribution in [3.63, 3.8) is 0 Å². The molecular formula is C12H23NO2. The van der Waals surface area contributed by atoms with Gasteiger partial charge in [0.05, 0.1) is 7.11 Å². The molecule has 3 nitrogen and oxygen atoms in total. The Hall–Kier alpha value is -0.860. The van der Waals surface area contributed by atoms with Crippen LogP contribution in [0.3, 0.4) is 0 Å². The topological polar surface area (TPSA) is 50.2 Å². The standard InChI is InChI=1S/C12H23NO2/c1-4-6-8-10(9-7-5-2)11(13)12(14)15-3/h10,13H,4-9H2,1-3H3. The van der Waals surface area contributed by atoms with Gasteiger partial charge in [0.25, 0.3) is 0 Å². The summed E-state index contributed by atoms with van der Waals surface area (Å²) in [6.07, 6.45) is 6.24. The Bertz CT molecular complexity index is 194. The third-order valence-electron chi connectivity index (χ3n) is 2.63. The predicted octanol–water partition coefficient (Wildman–Crippen LogP) is 3.18. The van der Waals surface area contributed by atoms with Crippen LogP contribution in [0.25, 0.3) is 0 Å². The van der Waals surface area contributed by atoms with Crippen molar-refractivity contribution in [2.24, 2.45) is 5.92 Å². The van der Waals surface area contributed by atoms with Gasteiger partial charge in [0, 0.05) is 5.92 Å². The summed E-state index contributed by atoms with van der Waals surface area (Å²) < 4.78 is 4.59. The SMILES string of the molecule is CCCCC(CCCC)C(=N)C(=O)OC. The molecule has 0 aromatic rings.